The molecule has 0 radical (unpaired) electrons. The Kier molecular flexibility index (Phi) is 5.40. The van der Waals surface area contributed by atoms with Gasteiger partial charge < -0.3 is 9.64 Å². The molecule has 0 atom stereocenters. The highest BCUT2D eigenvalue weighted by atomic mass is 19.2. The molecule has 1 aromatic heterocycles. The number of fused-ring (bicyclic) bond motifs is 1. The van der Waals surface area contributed by atoms with Gasteiger partial charge in [0.15, 0.2) is 0 Å². The second kappa shape index (κ2) is 8.13. The van der Waals surface area contributed by atoms with Crippen molar-refractivity contribution in [2.75, 3.05) is 31.2 Å². The Morgan fingerprint density at radius 2 is 1.76 bits per heavy atom. The second-order valence-electron chi connectivity index (χ2n) is 7.32. The zero-order chi connectivity index (χ0) is 20.4. The standard InChI is InChI=1S/C22H23FN4O2/c1-15(2)27(23)22(28)17-5-3-16(4-6-17)18-7-8-19-20(13-18)25-21(14-24-19)26-9-11-29-12-10-26/h3-8,13-15H,9-12H2,1-2H3. The minimum Gasteiger partial charge on any atom is -0.378 e. The van der Waals surface area contributed by atoms with Crippen LogP contribution in [0.2, 0.25) is 0 Å². The number of morpholine rings is 1. The maximum atomic E-state index is 13.9. The van der Waals surface area contributed by atoms with Crippen LogP contribution in [0, 0.1) is 0 Å². The number of amides is 1. The monoisotopic (exact) mass is 394 g/mol. The molecule has 1 aliphatic rings. The molecule has 150 valence electrons. The van der Waals surface area contributed by atoms with Gasteiger partial charge in [-0.15, -0.1) is 0 Å². The molecule has 1 aliphatic heterocycles. The van der Waals surface area contributed by atoms with Crippen molar-refractivity contribution in [2.45, 2.75) is 19.9 Å². The zero-order valence-electron chi connectivity index (χ0n) is 16.5. The number of anilines is 1. The van der Waals surface area contributed by atoms with Crippen molar-refractivity contribution >= 4 is 22.8 Å². The normalized spacial score (nSPS) is 14.4. The summed E-state index contributed by atoms with van der Waals surface area (Å²) in [6.45, 7) is 6.26. The first kappa shape index (κ1) is 19.3. The summed E-state index contributed by atoms with van der Waals surface area (Å²) in [4.78, 5) is 23.6. The third-order valence-corrected chi connectivity index (χ3v) is 4.98. The Bertz CT molecular complexity index is 1020. The molecule has 0 spiro atoms. The molecule has 1 fully saturated rings. The van der Waals surface area contributed by atoms with E-state index in [-0.39, 0.29) is 5.12 Å². The van der Waals surface area contributed by atoms with Crippen LogP contribution in [-0.4, -0.2) is 53.3 Å². The summed E-state index contributed by atoms with van der Waals surface area (Å²) in [5.41, 5.74) is 3.84. The van der Waals surface area contributed by atoms with E-state index in [2.05, 4.69) is 9.88 Å². The molecule has 0 aliphatic carbocycles. The van der Waals surface area contributed by atoms with Gasteiger partial charge >= 0.3 is 0 Å². The van der Waals surface area contributed by atoms with Crippen molar-refractivity contribution in [2.24, 2.45) is 0 Å². The highest BCUT2D eigenvalue weighted by Crippen LogP contribution is 2.25. The molecule has 7 heteroatoms. The molecular formula is C22H23FN4O2. The third-order valence-electron chi connectivity index (χ3n) is 4.98. The molecule has 3 aromatic rings. The van der Waals surface area contributed by atoms with Gasteiger partial charge in [0.2, 0.25) is 0 Å². The molecule has 2 aromatic carbocycles. The molecule has 1 saturated heterocycles. The first-order valence-corrected chi connectivity index (χ1v) is 9.72. The van der Waals surface area contributed by atoms with Gasteiger partial charge in [-0.05, 0) is 49.2 Å². The third kappa shape index (κ3) is 4.05. The number of rotatable bonds is 4. The molecule has 0 unspecified atom stereocenters. The first-order chi connectivity index (χ1) is 14.0. The van der Waals surface area contributed by atoms with E-state index in [0.29, 0.717) is 18.8 Å². The van der Waals surface area contributed by atoms with E-state index in [1.165, 1.54) is 0 Å². The lowest BCUT2D eigenvalue weighted by molar-refractivity contribution is 0.00211. The number of nitrogens with zero attached hydrogens (tertiary/aromatic N) is 4. The lowest BCUT2D eigenvalue weighted by Gasteiger charge is -2.27. The maximum Gasteiger partial charge on any atom is 0.281 e. The van der Waals surface area contributed by atoms with Crippen LogP contribution in [0.1, 0.15) is 24.2 Å². The predicted octanol–water partition coefficient (Wildman–Crippen LogP) is 3.87. The summed E-state index contributed by atoms with van der Waals surface area (Å²) in [6, 6.07) is 12.3. The number of halogens is 1. The number of hydrogen-bond donors (Lipinski definition) is 0. The summed E-state index contributed by atoms with van der Waals surface area (Å²) >= 11 is 0. The second-order valence-corrected chi connectivity index (χ2v) is 7.32. The Morgan fingerprint density at radius 3 is 2.45 bits per heavy atom. The van der Waals surface area contributed by atoms with Crippen LogP contribution < -0.4 is 4.90 Å². The van der Waals surface area contributed by atoms with Crippen molar-refractivity contribution in [1.29, 1.82) is 0 Å². The summed E-state index contributed by atoms with van der Waals surface area (Å²) in [5, 5.41) is 0.244. The molecular weight excluding hydrogens is 371 g/mol. The predicted molar refractivity (Wildman–Crippen MR) is 110 cm³/mol. The highest BCUT2D eigenvalue weighted by Gasteiger charge is 2.18. The number of benzene rings is 2. The Morgan fingerprint density at radius 1 is 1.07 bits per heavy atom. The zero-order valence-corrected chi connectivity index (χ0v) is 16.5. The number of ether oxygens (including phenoxy) is 1. The Balaban J connectivity index is 1.60. The first-order valence-electron chi connectivity index (χ1n) is 9.72. The highest BCUT2D eigenvalue weighted by molar-refractivity contribution is 5.94. The molecule has 0 bridgehead atoms. The molecule has 2 heterocycles. The van der Waals surface area contributed by atoms with Crippen molar-refractivity contribution in [1.82, 2.24) is 15.1 Å². The number of aromatic nitrogens is 2. The van der Waals surface area contributed by atoms with Crippen LogP contribution in [-0.2, 0) is 4.74 Å². The van der Waals surface area contributed by atoms with Crippen LogP contribution in [0.3, 0.4) is 0 Å². The maximum absolute atomic E-state index is 13.9. The van der Waals surface area contributed by atoms with Gasteiger partial charge in [0.05, 0.1) is 36.5 Å². The van der Waals surface area contributed by atoms with Gasteiger partial charge in [-0.1, -0.05) is 22.7 Å². The number of hydrogen-bond acceptors (Lipinski definition) is 5. The number of carbonyl (C=O) groups excluding carboxylic acids is 1. The summed E-state index contributed by atoms with van der Waals surface area (Å²) in [6.07, 6.45) is 1.80. The fourth-order valence-corrected chi connectivity index (χ4v) is 3.29. The topological polar surface area (TPSA) is 58.6 Å². The van der Waals surface area contributed by atoms with Crippen molar-refractivity contribution in [3.63, 3.8) is 0 Å². The van der Waals surface area contributed by atoms with Gasteiger partial charge in [-0.25, -0.2) is 4.98 Å². The van der Waals surface area contributed by atoms with E-state index >= 15 is 0 Å². The summed E-state index contributed by atoms with van der Waals surface area (Å²) in [7, 11) is 0. The van der Waals surface area contributed by atoms with E-state index in [1.54, 1.807) is 32.2 Å². The van der Waals surface area contributed by atoms with E-state index in [0.717, 1.165) is 41.1 Å². The van der Waals surface area contributed by atoms with Crippen LogP contribution in [0.15, 0.2) is 48.7 Å². The van der Waals surface area contributed by atoms with Crippen LogP contribution in [0.5, 0.6) is 0 Å². The quantitative estimate of drug-likeness (QED) is 0.629. The number of carbonyl (C=O) groups is 1. The molecule has 29 heavy (non-hydrogen) atoms. The fourth-order valence-electron chi connectivity index (χ4n) is 3.29. The average Bonchev–Trinajstić information content (AvgIpc) is 2.78. The van der Waals surface area contributed by atoms with Crippen LogP contribution in [0.4, 0.5) is 10.3 Å². The smallest absolute Gasteiger partial charge is 0.281 e. The van der Waals surface area contributed by atoms with E-state index in [9.17, 15) is 9.28 Å². The summed E-state index contributed by atoms with van der Waals surface area (Å²) in [5.74, 6) is 0.210. The summed E-state index contributed by atoms with van der Waals surface area (Å²) < 4.78 is 19.3. The lowest BCUT2D eigenvalue weighted by Crippen LogP contribution is -2.36. The van der Waals surface area contributed by atoms with Crippen LogP contribution in [0.25, 0.3) is 22.2 Å². The van der Waals surface area contributed by atoms with Crippen molar-refractivity contribution < 1.29 is 14.0 Å². The SMILES string of the molecule is CC(C)N(F)C(=O)c1ccc(-c2ccc3ncc(N4CCOCC4)nc3c2)cc1. The van der Waals surface area contributed by atoms with E-state index < -0.39 is 11.9 Å². The lowest BCUT2D eigenvalue weighted by atomic mass is 10.0. The minimum absolute atomic E-state index is 0.244. The van der Waals surface area contributed by atoms with Crippen LogP contribution >= 0.6 is 0 Å². The van der Waals surface area contributed by atoms with Gasteiger partial charge in [0, 0.05) is 18.7 Å². The molecule has 1 amide bonds. The average molecular weight is 394 g/mol. The molecule has 0 N–H and O–H groups in total. The fraction of sp³-hybridized carbons (Fsp3) is 0.318. The molecule has 0 saturated carbocycles. The molecule has 4 rings (SSSR count). The van der Waals surface area contributed by atoms with Gasteiger partial charge in [-0.3, -0.25) is 9.78 Å². The Labute approximate surface area is 168 Å². The molecule has 6 nitrogen and oxygen atoms in total. The van der Waals surface area contributed by atoms with Gasteiger partial charge in [0.1, 0.15) is 5.82 Å². The van der Waals surface area contributed by atoms with Crippen molar-refractivity contribution in [3.05, 3.63) is 54.2 Å². The van der Waals surface area contributed by atoms with Crippen molar-refractivity contribution in [3.8, 4) is 11.1 Å². The van der Waals surface area contributed by atoms with E-state index in [1.807, 2.05) is 30.3 Å². The van der Waals surface area contributed by atoms with Gasteiger partial charge in [-0.2, -0.15) is 5.12 Å². The Hall–Kier alpha value is -3.06. The van der Waals surface area contributed by atoms with Gasteiger partial charge in [0.25, 0.3) is 5.91 Å². The largest absolute Gasteiger partial charge is 0.378 e. The minimum atomic E-state index is -0.633. The van der Waals surface area contributed by atoms with E-state index in [4.69, 9.17) is 9.72 Å².